The first kappa shape index (κ1) is 22.9. The molecule has 6 nitrogen and oxygen atoms in total. The van der Waals surface area contributed by atoms with E-state index in [0.717, 1.165) is 16.9 Å². The van der Waals surface area contributed by atoms with E-state index in [-0.39, 0.29) is 18.3 Å². The fourth-order valence-electron chi connectivity index (χ4n) is 3.17. The van der Waals surface area contributed by atoms with Crippen LogP contribution in [0.3, 0.4) is 0 Å². The quantitative estimate of drug-likeness (QED) is 0.317. The molecular formula is C25H23ClN4O2S. The zero-order valence-corrected chi connectivity index (χ0v) is 19.6. The van der Waals surface area contributed by atoms with Crippen LogP contribution < -0.4 is 10.1 Å². The third-order valence-electron chi connectivity index (χ3n) is 4.89. The molecule has 0 aliphatic rings. The Bertz CT molecular complexity index is 1220. The maximum Gasteiger partial charge on any atom is 0.234 e. The van der Waals surface area contributed by atoms with E-state index in [1.54, 1.807) is 12.1 Å². The number of hydrogen-bond acceptors (Lipinski definition) is 5. The highest BCUT2D eigenvalue weighted by Gasteiger charge is 2.16. The Balaban J connectivity index is 1.47. The van der Waals surface area contributed by atoms with Gasteiger partial charge in [0.25, 0.3) is 0 Å². The van der Waals surface area contributed by atoms with Crippen LogP contribution >= 0.6 is 23.4 Å². The topological polar surface area (TPSA) is 69.0 Å². The Labute approximate surface area is 202 Å². The summed E-state index contributed by atoms with van der Waals surface area (Å²) in [7, 11) is 0. The minimum atomic E-state index is -0.137. The lowest BCUT2D eigenvalue weighted by Gasteiger charge is -2.12. The fraction of sp³-hybridized carbons (Fsp3) is 0.160. The van der Waals surface area contributed by atoms with Gasteiger partial charge in [-0.25, -0.2) is 0 Å². The number of aryl methyl sites for hydroxylation is 1. The van der Waals surface area contributed by atoms with Crippen molar-refractivity contribution < 1.29 is 9.53 Å². The van der Waals surface area contributed by atoms with Crippen molar-refractivity contribution in [2.75, 3.05) is 11.1 Å². The van der Waals surface area contributed by atoms with Gasteiger partial charge in [0.2, 0.25) is 5.91 Å². The summed E-state index contributed by atoms with van der Waals surface area (Å²) in [5.41, 5.74) is 2.76. The minimum Gasteiger partial charge on any atom is -0.486 e. The van der Waals surface area contributed by atoms with Crippen LogP contribution in [0.25, 0.3) is 0 Å². The van der Waals surface area contributed by atoms with Crippen molar-refractivity contribution in [3.05, 3.63) is 101 Å². The molecule has 1 N–H and O–H groups in total. The number of thioether (sulfide) groups is 1. The van der Waals surface area contributed by atoms with E-state index in [4.69, 9.17) is 16.3 Å². The highest BCUT2D eigenvalue weighted by molar-refractivity contribution is 7.99. The predicted octanol–water partition coefficient (Wildman–Crippen LogP) is 5.60. The molecule has 0 saturated carbocycles. The van der Waals surface area contributed by atoms with Crippen LogP contribution in [0.2, 0.25) is 5.02 Å². The highest BCUT2D eigenvalue weighted by Crippen LogP contribution is 2.23. The molecule has 4 rings (SSSR count). The van der Waals surface area contributed by atoms with Crippen LogP contribution in [0, 0.1) is 6.92 Å². The zero-order valence-electron chi connectivity index (χ0n) is 18.1. The van der Waals surface area contributed by atoms with Crippen molar-refractivity contribution in [1.82, 2.24) is 14.8 Å². The Hall–Kier alpha value is -3.29. The monoisotopic (exact) mass is 478 g/mol. The molecular weight excluding hydrogens is 456 g/mol. The lowest BCUT2D eigenvalue weighted by molar-refractivity contribution is -0.113. The van der Waals surface area contributed by atoms with Crippen molar-refractivity contribution in [2.45, 2.75) is 25.2 Å². The Kier molecular flexibility index (Phi) is 7.65. The third kappa shape index (κ3) is 6.37. The van der Waals surface area contributed by atoms with E-state index >= 15 is 0 Å². The molecule has 0 unspecified atom stereocenters. The van der Waals surface area contributed by atoms with Gasteiger partial charge in [-0.1, -0.05) is 78.0 Å². The first-order chi connectivity index (χ1) is 16.1. The van der Waals surface area contributed by atoms with Gasteiger partial charge in [0.15, 0.2) is 11.0 Å². The van der Waals surface area contributed by atoms with E-state index < -0.39 is 0 Å². The first-order valence-electron chi connectivity index (χ1n) is 10.4. The summed E-state index contributed by atoms with van der Waals surface area (Å²) in [5, 5.41) is 12.8. The Morgan fingerprint density at radius 2 is 1.76 bits per heavy atom. The zero-order chi connectivity index (χ0) is 23.0. The molecule has 4 aromatic rings. The molecule has 0 aliphatic carbocycles. The molecule has 8 heteroatoms. The number of ether oxygens (including phenoxy) is 1. The van der Waals surface area contributed by atoms with Gasteiger partial charge in [-0.15, -0.1) is 10.2 Å². The van der Waals surface area contributed by atoms with E-state index in [1.165, 1.54) is 11.8 Å². The number of nitrogens with zero attached hydrogens (tertiary/aromatic N) is 3. The summed E-state index contributed by atoms with van der Waals surface area (Å²) in [6.07, 6.45) is 0. The van der Waals surface area contributed by atoms with Crippen molar-refractivity contribution in [1.29, 1.82) is 0 Å². The molecule has 3 aromatic carbocycles. The van der Waals surface area contributed by atoms with Gasteiger partial charge < -0.3 is 10.1 Å². The molecule has 0 spiro atoms. The number of anilines is 1. The largest absolute Gasteiger partial charge is 0.486 e. The summed E-state index contributed by atoms with van der Waals surface area (Å²) in [6, 6.07) is 25.1. The number of carbonyl (C=O) groups excluding carboxylic acids is 1. The third-order valence-corrected chi connectivity index (χ3v) is 6.10. The summed E-state index contributed by atoms with van der Waals surface area (Å²) in [6.45, 7) is 2.78. The number of nitrogens with one attached hydrogen (secondary N) is 1. The van der Waals surface area contributed by atoms with Crippen LogP contribution in [0.5, 0.6) is 5.75 Å². The van der Waals surface area contributed by atoms with Crippen molar-refractivity contribution in [3.63, 3.8) is 0 Å². The number of aromatic nitrogens is 3. The highest BCUT2D eigenvalue weighted by atomic mass is 35.5. The standard InChI is InChI=1S/C25H23ClN4O2S/c1-18-12-13-20(26)14-22(18)27-24(31)17-33-25-29-28-23(16-32-21-10-6-3-7-11-21)30(25)15-19-8-4-2-5-9-19/h2-14H,15-17H2,1H3,(H,27,31). The Morgan fingerprint density at radius 1 is 1.03 bits per heavy atom. The summed E-state index contributed by atoms with van der Waals surface area (Å²) >= 11 is 7.39. The average Bonchev–Trinajstić information content (AvgIpc) is 3.21. The summed E-state index contributed by atoms with van der Waals surface area (Å²) in [5.74, 6) is 1.51. The number of hydrogen-bond donors (Lipinski definition) is 1. The molecule has 1 heterocycles. The smallest absolute Gasteiger partial charge is 0.234 e. The molecule has 0 bridgehead atoms. The molecule has 33 heavy (non-hydrogen) atoms. The SMILES string of the molecule is Cc1ccc(Cl)cc1NC(=O)CSc1nnc(COc2ccccc2)n1Cc1ccccc1. The van der Waals surface area contributed by atoms with Crippen molar-refractivity contribution in [2.24, 2.45) is 0 Å². The molecule has 0 fully saturated rings. The summed E-state index contributed by atoms with van der Waals surface area (Å²) < 4.78 is 7.88. The van der Waals surface area contributed by atoms with Crippen molar-refractivity contribution in [3.8, 4) is 5.75 Å². The predicted molar refractivity (Wildman–Crippen MR) is 132 cm³/mol. The van der Waals surface area contributed by atoms with E-state index in [9.17, 15) is 4.79 Å². The lowest BCUT2D eigenvalue weighted by Crippen LogP contribution is -2.16. The number of carbonyl (C=O) groups is 1. The molecule has 1 amide bonds. The number of amides is 1. The van der Waals surface area contributed by atoms with E-state index in [0.29, 0.717) is 28.2 Å². The average molecular weight is 479 g/mol. The van der Waals surface area contributed by atoms with Gasteiger partial charge in [-0.05, 0) is 42.3 Å². The van der Waals surface area contributed by atoms with Gasteiger partial charge in [0, 0.05) is 10.7 Å². The van der Waals surface area contributed by atoms with Gasteiger partial charge in [0.05, 0.1) is 12.3 Å². The first-order valence-corrected chi connectivity index (χ1v) is 11.8. The van der Waals surface area contributed by atoms with Crippen LogP contribution in [0.15, 0.2) is 84.0 Å². The van der Waals surface area contributed by atoms with E-state index in [2.05, 4.69) is 15.5 Å². The van der Waals surface area contributed by atoms with Gasteiger partial charge >= 0.3 is 0 Å². The van der Waals surface area contributed by atoms with Gasteiger partial charge in [-0.3, -0.25) is 9.36 Å². The van der Waals surface area contributed by atoms with Crippen LogP contribution in [-0.4, -0.2) is 26.4 Å². The number of para-hydroxylation sites is 1. The van der Waals surface area contributed by atoms with E-state index in [1.807, 2.05) is 78.2 Å². The normalized spacial score (nSPS) is 10.7. The number of benzene rings is 3. The number of halogens is 1. The van der Waals surface area contributed by atoms with Crippen LogP contribution in [-0.2, 0) is 17.9 Å². The maximum atomic E-state index is 12.6. The second-order valence-electron chi connectivity index (χ2n) is 7.37. The Morgan fingerprint density at radius 3 is 2.52 bits per heavy atom. The van der Waals surface area contributed by atoms with Gasteiger partial charge in [0.1, 0.15) is 12.4 Å². The maximum absolute atomic E-state index is 12.6. The number of rotatable bonds is 9. The second-order valence-corrected chi connectivity index (χ2v) is 8.75. The molecule has 0 aliphatic heterocycles. The summed E-state index contributed by atoms with van der Waals surface area (Å²) in [4.78, 5) is 12.6. The van der Waals surface area contributed by atoms with Crippen LogP contribution in [0.4, 0.5) is 5.69 Å². The molecule has 1 aromatic heterocycles. The van der Waals surface area contributed by atoms with Crippen LogP contribution in [0.1, 0.15) is 17.0 Å². The lowest BCUT2D eigenvalue weighted by atomic mass is 10.2. The molecule has 168 valence electrons. The molecule has 0 saturated heterocycles. The minimum absolute atomic E-state index is 0.137. The molecule has 0 atom stereocenters. The molecule has 0 radical (unpaired) electrons. The van der Waals surface area contributed by atoms with Crippen molar-refractivity contribution >= 4 is 35.0 Å². The second kappa shape index (κ2) is 11.0. The van der Waals surface area contributed by atoms with Gasteiger partial charge in [-0.2, -0.15) is 0 Å². The fourth-order valence-corrected chi connectivity index (χ4v) is 4.10.